The van der Waals surface area contributed by atoms with E-state index in [9.17, 15) is 16.8 Å². The van der Waals surface area contributed by atoms with Gasteiger partial charge in [0.05, 0.1) is 22.8 Å². The normalized spacial score (nSPS) is 23.5. The lowest BCUT2D eigenvalue weighted by Crippen LogP contribution is -2.57. The molecule has 8 nitrogen and oxygen atoms in total. The van der Waals surface area contributed by atoms with Crippen molar-refractivity contribution in [2.75, 3.05) is 44.2 Å². The number of nitrogens with zero attached hydrogens (tertiary/aromatic N) is 2. The van der Waals surface area contributed by atoms with Crippen LogP contribution in [0.4, 0.5) is 0 Å². The van der Waals surface area contributed by atoms with E-state index in [2.05, 4.69) is 15.0 Å². The van der Waals surface area contributed by atoms with Crippen molar-refractivity contribution in [1.29, 1.82) is 0 Å². The molecule has 2 aliphatic rings. The molecule has 0 aromatic carbocycles. The van der Waals surface area contributed by atoms with Crippen LogP contribution in [0.5, 0.6) is 0 Å². The summed E-state index contributed by atoms with van der Waals surface area (Å²) in [6.07, 6.45) is 3.38. The van der Waals surface area contributed by atoms with Crippen LogP contribution in [0.3, 0.4) is 0 Å². The minimum Gasteiger partial charge on any atom is -0.357 e. The molecule has 2 N–H and O–H groups in total. The average Bonchev–Trinajstić information content (AvgIpc) is 2.47. The van der Waals surface area contributed by atoms with E-state index in [1.54, 1.807) is 13.8 Å². The molecule has 0 amide bonds. The molecule has 1 aliphatic carbocycles. The molecule has 0 radical (unpaired) electrons. The molecule has 0 bridgehead atoms. The summed E-state index contributed by atoms with van der Waals surface area (Å²) < 4.78 is 50.3. The van der Waals surface area contributed by atoms with E-state index in [1.807, 2.05) is 11.8 Å². The highest BCUT2D eigenvalue weighted by Crippen LogP contribution is 2.25. The number of aliphatic imine (C=N–C) groups is 1. The van der Waals surface area contributed by atoms with Crippen LogP contribution >= 0.6 is 0 Å². The number of sulfone groups is 1. The Balaban J connectivity index is 1.93. The standard InChI is InChI=1S/C16H32N4O4S2/c1-4-17-15(20-9-11-25(21,22)16(2,3)13-20)18-8-10-26(23,24)19-12-14-6-5-7-14/h14,19H,4-13H2,1-3H3,(H,17,18). The van der Waals surface area contributed by atoms with Gasteiger partial charge in [-0.05, 0) is 39.5 Å². The first kappa shape index (κ1) is 21.4. The van der Waals surface area contributed by atoms with Crippen LogP contribution in [0.15, 0.2) is 4.99 Å². The zero-order chi connectivity index (χ0) is 19.4. The molecule has 1 saturated heterocycles. The summed E-state index contributed by atoms with van der Waals surface area (Å²) in [5.41, 5.74) is 0. The smallest absolute Gasteiger partial charge is 0.213 e. The van der Waals surface area contributed by atoms with E-state index >= 15 is 0 Å². The Kier molecular flexibility index (Phi) is 6.95. The van der Waals surface area contributed by atoms with Gasteiger partial charge in [0.2, 0.25) is 10.0 Å². The summed E-state index contributed by atoms with van der Waals surface area (Å²) in [6, 6.07) is 0. The highest BCUT2D eigenvalue weighted by Gasteiger charge is 2.40. The molecule has 0 aromatic rings. The lowest BCUT2D eigenvalue weighted by molar-refractivity contribution is 0.316. The van der Waals surface area contributed by atoms with E-state index < -0.39 is 24.6 Å². The summed E-state index contributed by atoms with van der Waals surface area (Å²) >= 11 is 0. The first-order chi connectivity index (χ1) is 12.1. The molecule has 1 aliphatic heterocycles. The number of hydrogen-bond acceptors (Lipinski definition) is 5. The molecule has 0 spiro atoms. The highest BCUT2D eigenvalue weighted by atomic mass is 32.2. The lowest BCUT2D eigenvalue weighted by atomic mass is 9.86. The summed E-state index contributed by atoms with van der Waals surface area (Å²) in [7, 11) is -6.46. The predicted molar refractivity (Wildman–Crippen MR) is 105 cm³/mol. The Labute approximate surface area is 157 Å². The summed E-state index contributed by atoms with van der Waals surface area (Å²) in [4.78, 5) is 6.32. The monoisotopic (exact) mass is 408 g/mol. The van der Waals surface area contributed by atoms with Crippen LogP contribution in [0.1, 0.15) is 40.0 Å². The minimum atomic E-state index is -3.33. The van der Waals surface area contributed by atoms with Crippen LogP contribution in [0.25, 0.3) is 0 Å². The van der Waals surface area contributed by atoms with Gasteiger partial charge in [0, 0.05) is 26.2 Å². The van der Waals surface area contributed by atoms with Crippen molar-refractivity contribution >= 4 is 25.8 Å². The molecule has 2 rings (SSSR count). The van der Waals surface area contributed by atoms with Gasteiger partial charge in [-0.3, -0.25) is 4.99 Å². The second kappa shape index (κ2) is 8.43. The molecule has 2 fully saturated rings. The zero-order valence-corrected chi connectivity index (χ0v) is 17.6. The Bertz CT molecular complexity index is 713. The van der Waals surface area contributed by atoms with Crippen LogP contribution in [0.2, 0.25) is 0 Å². The summed E-state index contributed by atoms with van der Waals surface area (Å²) in [5, 5.41) is 3.14. The number of hydrogen-bond donors (Lipinski definition) is 2. The van der Waals surface area contributed by atoms with E-state index in [0.717, 1.165) is 12.8 Å². The molecule has 0 unspecified atom stereocenters. The van der Waals surface area contributed by atoms with E-state index in [4.69, 9.17) is 0 Å². The molecular formula is C16H32N4O4S2. The van der Waals surface area contributed by atoms with Gasteiger partial charge in [0.15, 0.2) is 15.8 Å². The first-order valence-electron chi connectivity index (χ1n) is 9.29. The van der Waals surface area contributed by atoms with Crippen molar-refractivity contribution in [3.63, 3.8) is 0 Å². The number of rotatable bonds is 7. The van der Waals surface area contributed by atoms with Crippen molar-refractivity contribution in [2.24, 2.45) is 10.9 Å². The maximum Gasteiger partial charge on any atom is 0.213 e. The second-order valence-corrected chi connectivity index (χ2v) is 12.4. The van der Waals surface area contributed by atoms with E-state index in [0.29, 0.717) is 38.1 Å². The molecule has 0 atom stereocenters. The maximum atomic E-state index is 12.2. The van der Waals surface area contributed by atoms with Crippen molar-refractivity contribution in [3.05, 3.63) is 0 Å². The minimum absolute atomic E-state index is 0.0653. The number of nitrogens with one attached hydrogen (secondary N) is 2. The van der Waals surface area contributed by atoms with Crippen LogP contribution in [-0.2, 0) is 19.9 Å². The fourth-order valence-corrected chi connectivity index (χ4v) is 5.37. The summed E-state index contributed by atoms with van der Waals surface area (Å²) in [5.74, 6) is 1.06. The molecule has 26 heavy (non-hydrogen) atoms. The van der Waals surface area contributed by atoms with Gasteiger partial charge in [-0.1, -0.05) is 6.42 Å². The highest BCUT2D eigenvalue weighted by molar-refractivity contribution is 7.92. The van der Waals surface area contributed by atoms with Gasteiger partial charge in [0.25, 0.3) is 0 Å². The molecule has 1 saturated carbocycles. The van der Waals surface area contributed by atoms with Gasteiger partial charge in [-0.25, -0.2) is 21.6 Å². The van der Waals surface area contributed by atoms with Crippen LogP contribution < -0.4 is 10.0 Å². The van der Waals surface area contributed by atoms with Crippen molar-refractivity contribution in [1.82, 2.24) is 14.9 Å². The third-order valence-corrected chi connectivity index (χ3v) is 8.98. The molecule has 152 valence electrons. The Hall–Kier alpha value is -0.870. The fraction of sp³-hybridized carbons (Fsp3) is 0.938. The van der Waals surface area contributed by atoms with Crippen LogP contribution in [0, 0.1) is 5.92 Å². The van der Waals surface area contributed by atoms with Crippen molar-refractivity contribution < 1.29 is 16.8 Å². The predicted octanol–water partition coefficient (Wildman–Crippen LogP) is 0.180. The first-order valence-corrected chi connectivity index (χ1v) is 12.6. The molecule has 0 aromatic heterocycles. The van der Waals surface area contributed by atoms with Gasteiger partial charge >= 0.3 is 0 Å². The van der Waals surface area contributed by atoms with Crippen molar-refractivity contribution in [3.8, 4) is 0 Å². The third-order valence-electron chi connectivity index (χ3n) is 5.12. The Morgan fingerprint density at radius 1 is 1.31 bits per heavy atom. The quantitative estimate of drug-likeness (QED) is 0.460. The topological polar surface area (TPSA) is 108 Å². The SMILES string of the molecule is CCNC(=NCCS(=O)(=O)NCC1CCC1)N1CCS(=O)(=O)C(C)(C)C1. The van der Waals surface area contributed by atoms with Crippen LogP contribution in [-0.4, -0.2) is 76.7 Å². The zero-order valence-electron chi connectivity index (χ0n) is 16.0. The molecule has 10 heteroatoms. The third kappa shape index (κ3) is 5.56. The molecule has 1 heterocycles. The van der Waals surface area contributed by atoms with Gasteiger partial charge in [-0.2, -0.15) is 0 Å². The van der Waals surface area contributed by atoms with Gasteiger partial charge in [0.1, 0.15) is 0 Å². The average molecular weight is 409 g/mol. The van der Waals surface area contributed by atoms with Gasteiger partial charge < -0.3 is 10.2 Å². The fourth-order valence-electron chi connectivity index (χ4n) is 3.04. The van der Waals surface area contributed by atoms with Crippen molar-refractivity contribution in [2.45, 2.75) is 44.8 Å². The Morgan fingerprint density at radius 2 is 2.00 bits per heavy atom. The van der Waals surface area contributed by atoms with E-state index in [1.165, 1.54) is 6.42 Å². The largest absolute Gasteiger partial charge is 0.357 e. The van der Waals surface area contributed by atoms with Gasteiger partial charge in [-0.15, -0.1) is 0 Å². The maximum absolute atomic E-state index is 12.2. The lowest BCUT2D eigenvalue weighted by Gasteiger charge is -2.39. The summed E-state index contributed by atoms with van der Waals surface area (Å²) in [6.45, 7) is 7.36. The Morgan fingerprint density at radius 3 is 2.54 bits per heavy atom. The molecular weight excluding hydrogens is 376 g/mol. The van der Waals surface area contributed by atoms with E-state index in [-0.39, 0.29) is 18.1 Å². The number of guanidine groups is 1. The number of sulfonamides is 1. The second-order valence-electron chi connectivity index (χ2n) is 7.70.